The number of esters is 1. The predicted octanol–water partition coefficient (Wildman–Crippen LogP) is 5.78. The molecule has 2 aliphatic heterocycles. The van der Waals surface area contributed by atoms with Gasteiger partial charge in [0.1, 0.15) is 12.2 Å². The first-order valence-electron chi connectivity index (χ1n) is 16.6. The van der Waals surface area contributed by atoms with Crippen LogP contribution >= 0.6 is 0 Å². The van der Waals surface area contributed by atoms with Crippen molar-refractivity contribution in [3.8, 4) is 0 Å². The van der Waals surface area contributed by atoms with E-state index in [4.69, 9.17) is 22.4 Å². The molecule has 48 heavy (non-hydrogen) atoms. The van der Waals surface area contributed by atoms with Crippen molar-refractivity contribution in [2.75, 3.05) is 6.61 Å². The minimum Gasteiger partial charge on any atom is -0.451 e. The molecule has 1 aromatic heterocycles. The first-order chi connectivity index (χ1) is 22.7. The fourth-order valence-corrected chi connectivity index (χ4v) is 18.0. The quantitative estimate of drug-likeness (QED) is 0.213. The number of hydrogen-bond donors (Lipinski definition) is 0. The zero-order valence-corrected chi connectivity index (χ0v) is 30.8. The van der Waals surface area contributed by atoms with Gasteiger partial charge in [0.15, 0.2) is 12.3 Å². The maximum absolute atomic E-state index is 14.1. The summed E-state index contributed by atoms with van der Waals surface area (Å²) in [5, 5.41) is 0. The average Bonchev–Trinajstić information content (AvgIpc) is 3.36. The normalized spacial score (nSPS) is 23.6. The Bertz CT molecular complexity index is 1710. The summed E-state index contributed by atoms with van der Waals surface area (Å²) >= 11 is 0. The number of ether oxygens (including phenoxy) is 2. The van der Waals surface area contributed by atoms with Gasteiger partial charge in [-0.15, -0.1) is 0 Å². The zero-order chi connectivity index (χ0) is 35.0. The highest BCUT2D eigenvalue weighted by Gasteiger charge is 2.62. The molecule has 13 heteroatoms. The molecule has 258 valence electrons. The number of aromatic nitrogens is 2. The molecule has 0 aliphatic carbocycles. The van der Waals surface area contributed by atoms with Crippen LogP contribution in [0.15, 0.2) is 82.5 Å². The van der Waals surface area contributed by atoms with Crippen LogP contribution in [0, 0.1) is 0 Å². The highest BCUT2D eigenvalue weighted by molar-refractivity contribution is 6.84. The van der Waals surface area contributed by atoms with Gasteiger partial charge in [0.2, 0.25) is 0 Å². The fraction of sp³-hybridized carbons (Fsp3) is 0.486. The Hall–Kier alpha value is -3.47. The summed E-state index contributed by atoms with van der Waals surface area (Å²) in [6.45, 7) is 16.8. The fourth-order valence-electron chi connectivity index (χ4n) is 6.82. The molecule has 2 aromatic carbocycles. The number of carbonyl (C=O) groups is 2. The van der Waals surface area contributed by atoms with Crippen molar-refractivity contribution in [3.05, 3.63) is 105 Å². The number of hydrogen-bond acceptors (Lipinski definition) is 9. The second-order valence-corrected chi connectivity index (χ2v) is 22.6. The van der Waals surface area contributed by atoms with Crippen molar-refractivity contribution in [2.24, 2.45) is 0 Å². The second-order valence-electron chi connectivity index (χ2n) is 13.7. The van der Waals surface area contributed by atoms with Crippen LogP contribution in [0.5, 0.6) is 0 Å². The molecule has 5 rings (SSSR count). The molecular formula is C35H46N2O9Si2. The van der Waals surface area contributed by atoms with Gasteiger partial charge in [-0.2, -0.15) is 4.57 Å². The molecule has 0 radical (unpaired) electrons. The Morgan fingerprint density at radius 1 is 0.771 bits per heavy atom. The van der Waals surface area contributed by atoms with Crippen LogP contribution < -0.4 is 11.2 Å². The van der Waals surface area contributed by atoms with Crippen LogP contribution in [0.1, 0.15) is 82.3 Å². The molecule has 2 saturated heterocycles. The number of rotatable bonds is 8. The van der Waals surface area contributed by atoms with Crippen LogP contribution in [0.25, 0.3) is 0 Å². The molecule has 2 fully saturated rings. The molecule has 4 atom stereocenters. The van der Waals surface area contributed by atoms with E-state index in [0.29, 0.717) is 10.1 Å². The molecule has 0 unspecified atom stereocenters. The predicted molar refractivity (Wildman–Crippen MR) is 184 cm³/mol. The first-order valence-corrected chi connectivity index (χ1v) is 20.5. The Morgan fingerprint density at radius 3 is 1.85 bits per heavy atom. The lowest BCUT2D eigenvalue weighted by Crippen LogP contribution is -2.66. The monoisotopic (exact) mass is 694 g/mol. The Morgan fingerprint density at radius 2 is 1.31 bits per heavy atom. The van der Waals surface area contributed by atoms with Crippen LogP contribution in [0.2, 0.25) is 22.2 Å². The summed E-state index contributed by atoms with van der Waals surface area (Å²) in [5.74, 6) is -1.43. The second kappa shape index (κ2) is 14.2. The lowest BCUT2D eigenvalue weighted by atomic mass is 10.1. The molecule has 3 heterocycles. The lowest BCUT2D eigenvalue weighted by Gasteiger charge is -2.51. The lowest BCUT2D eigenvalue weighted by molar-refractivity contribution is -0.0629. The molecule has 3 aromatic rings. The summed E-state index contributed by atoms with van der Waals surface area (Å²) in [4.78, 5) is 54.1. The summed E-state index contributed by atoms with van der Waals surface area (Å²) < 4.78 is 35.9. The summed E-state index contributed by atoms with van der Waals surface area (Å²) in [6, 6.07) is 17.7. The van der Waals surface area contributed by atoms with Gasteiger partial charge in [0, 0.05) is 17.8 Å². The number of carbonyl (C=O) groups excluding carboxylic acids is 2. The van der Waals surface area contributed by atoms with E-state index in [2.05, 4.69) is 55.4 Å². The maximum Gasteiger partial charge on any atom is 0.340 e. The third-order valence-electron chi connectivity index (χ3n) is 9.38. The Labute approximate surface area is 283 Å². The van der Waals surface area contributed by atoms with E-state index >= 15 is 0 Å². The van der Waals surface area contributed by atoms with Crippen LogP contribution in [0.3, 0.4) is 0 Å². The van der Waals surface area contributed by atoms with Gasteiger partial charge in [0.25, 0.3) is 11.5 Å². The zero-order valence-electron chi connectivity index (χ0n) is 28.8. The number of benzene rings is 2. The SMILES string of the molecule is CC(C)[Si]1(C(C)C)OC[C@H]2O[C@@H](n3ccc(=O)n(C(=O)c4ccccc4)c3=O)[C@H](OC(=O)c3ccccc3)[C@@H]2O[Si](C(C)C)(C(C)C)O1. The molecule has 2 aliphatic rings. The third-order valence-corrected chi connectivity index (χ3v) is 19.6. The number of nitrogens with zero attached hydrogens (tertiary/aromatic N) is 2. The van der Waals surface area contributed by atoms with Crippen molar-refractivity contribution >= 4 is 29.0 Å². The van der Waals surface area contributed by atoms with Gasteiger partial charge in [0.05, 0.1) is 12.2 Å². The van der Waals surface area contributed by atoms with E-state index in [0.717, 1.165) is 10.6 Å². The van der Waals surface area contributed by atoms with Crippen molar-refractivity contribution < 1.29 is 32.0 Å². The van der Waals surface area contributed by atoms with Crippen molar-refractivity contribution in [1.82, 2.24) is 9.13 Å². The van der Waals surface area contributed by atoms with Gasteiger partial charge in [-0.1, -0.05) is 91.8 Å². The van der Waals surface area contributed by atoms with E-state index in [-0.39, 0.29) is 34.3 Å². The smallest absolute Gasteiger partial charge is 0.340 e. The van der Waals surface area contributed by atoms with Gasteiger partial charge < -0.3 is 22.4 Å². The van der Waals surface area contributed by atoms with Gasteiger partial charge in [-0.25, -0.2) is 9.59 Å². The van der Waals surface area contributed by atoms with Crippen molar-refractivity contribution in [2.45, 2.75) is 102 Å². The third kappa shape index (κ3) is 6.46. The van der Waals surface area contributed by atoms with Crippen LogP contribution in [-0.4, -0.2) is 63.1 Å². The minimum absolute atomic E-state index is 0.0260. The summed E-state index contributed by atoms with van der Waals surface area (Å²) in [5.41, 5.74) is -1.14. The van der Waals surface area contributed by atoms with Crippen LogP contribution in [0.4, 0.5) is 0 Å². The van der Waals surface area contributed by atoms with Gasteiger partial charge >= 0.3 is 28.8 Å². The van der Waals surface area contributed by atoms with Crippen molar-refractivity contribution in [3.63, 3.8) is 0 Å². The average molecular weight is 695 g/mol. The summed E-state index contributed by atoms with van der Waals surface area (Å²) in [6.07, 6.45) is -2.80. The largest absolute Gasteiger partial charge is 0.451 e. The topological polar surface area (TPSA) is 124 Å². The molecule has 0 amide bonds. The highest BCUT2D eigenvalue weighted by atomic mass is 28.5. The van der Waals surface area contributed by atoms with E-state index in [1.807, 2.05) is 0 Å². The van der Waals surface area contributed by atoms with Crippen molar-refractivity contribution in [1.29, 1.82) is 0 Å². The molecular weight excluding hydrogens is 649 g/mol. The van der Waals surface area contributed by atoms with E-state index < -0.39 is 64.8 Å². The standard InChI is InChI=1S/C35H46N2O9Si2/c1-22(2)47(23(3)4)42-21-28-30(45-48(46-47,24(5)6)25(7)8)31(44-34(40)27-17-13-10-14-18-27)33(43-28)36-20-19-29(38)37(35(36)41)32(39)26-15-11-9-12-16-26/h9-20,22-25,28,30-31,33H,21H2,1-8H3/t28-,30-,31-,33-/m1/s1. The molecule has 11 nitrogen and oxygen atoms in total. The van der Waals surface area contributed by atoms with Gasteiger partial charge in [-0.05, 0) is 46.4 Å². The Balaban J connectivity index is 1.66. The maximum atomic E-state index is 14.1. The van der Waals surface area contributed by atoms with E-state index in [1.54, 1.807) is 48.5 Å². The summed E-state index contributed by atoms with van der Waals surface area (Å²) in [7, 11) is -6.13. The highest BCUT2D eigenvalue weighted by Crippen LogP contribution is 2.48. The van der Waals surface area contributed by atoms with E-state index in [1.165, 1.54) is 18.3 Å². The van der Waals surface area contributed by atoms with E-state index in [9.17, 15) is 19.2 Å². The first kappa shape index (κ1) is 35.8. The molecule has 0 N–H and O–H groups in total. The Kier molecular flexibility index (Phi) is 10.6. The number of fused-ring (bicyclic) bond motifs is 1. The molecule has 0 bridgehead atoms. The molecule has 0 saturated carbocycles. The van der Waals surface area contributed by atoms with Gasteiger partial charge in [-0.3, -0.25) is 14.2 Å². The molecule has 0 spiro atoms. The van der Waals surface area contributed by atoms with Crippen LogP contribution in [-0.2, 0) is 22.4 Å². The minimum atomic E-state index is -3.20.